The van der Waals surface area contributed by atoms with Crippen LogP contribution in [0, 0.1) is 0 Å². The first-order chi connectivity index (χ1) is 9.18. The fourth-order valence-corrected chi connectivity index (χ4v) is 3.36. The first-order valence-electron chi connectivity index (χ1n) is 6.99. The number of nitrogens with zero attached hydrogens (tertiary/aromatic N) is 1. The average molecular weight is 256 g/mol. The lowest BCUT2D eigenvalue weighted by Crippen LogP contribution is -2.28. The van der Waals surface area contributed by atoms with Crippen LogP contribution in [-0.4, -0.2) is 17.0 Å². The van der Waals surface area contributed by atoms with E-state index >= 15 is 0 Å². The molecular formula is C16H20N2O. The molecule has 0 saturated carbocycles. The van der Waals surface area contributed by atoms with E-state index in [1.165, 1.54) is 35.0 Å². The Labute approximate surface area is 113 Å². The van der Waals surface area contributed by atoms with E-state index in [0.717, 1.165) is 13.0 Å². The molecule has 3 rings (SSSR count). The fourth-order valence-electron chi connectivity index (χ4n) is 3.36. The topological polar surface area (TPSA) is 34.0 Å². The first kappa shape index (κ1) is 12.3. The van der Waals surface area contributed by atoms with Crippen molar-refractivity contribution >= 4 is 16.8 Å². The highest BCUT2D eigenvalue weighted by atomic mass is 16.1. The molecular weight excluding hydrogens is 236 g/mol. The van der Waals surface area contributed by atoms with Gasteiger partial charge in [0.2, 0.25) is 5.91 Å². The van der Waals surface area contributed by atoms with Gasteiger partial charge in [-0.2, -0.15) is 0 Å². The number of hydrogen-bond donors (Lipinski definition) is 1. The van der Waals surface area contributed by atoms with E-state index in [2.05, 4.69) is 41.2 Å². The molecule has 0 fully saturated rings. The largest absolute Gasteiger partial charge is 0.356 e. The molecule has 1 aromatic carbocycles. The van der Waals surface area contributed by atoms with Crippen molar-refractivity contribution in [1.82, 2.24) is 9.88 Å². The second-order valence-corrected chi connectivity index (χ2v) is 5.46. The van der Waals surface area contributed by atoms with Crippen molar-refractivity contribution in [3.05, 3.63) is 35.5 Å². The lowest BCUT2D eigenvalue weighted by molar-refractivity contribution is -0.119. The minimum Gasteiger partial charge on any atom is -0.356 e. The zero-order valence-corrected chi connectivity index (χ0v) is 11.6. The SMILES string of the molecule is CC(=O)NCC1CCCc2c1c1ccccc1n2C. The third-order valence-electron chi connectivity index (χ3n) is 4.24. The van der Waals surface area contributed by atoms with Crippen LogP contribution in [-0.2, 0) is 18.3 Å². The van der Waals surface area contributed by atoms with Crippen molar-refractivity contribution in [1.29, 1.82) is 0 Å². The third kappa shape index (κ3) is 2.03. The molecule has 1 N–H and O–H groups in total. The summed E-state index contributed by atoms with van der Waals surface area (Å²) in [7, 11) is 2.15. The Morgan fingerprint density at radius 2 is 2.21 bits per heavy atom. The Kier molecular flexibility index (Phi) is 3.05. The number of aryl methyl sites for hydroxylation is 1. The van der Waals surface area contributed by atoms with Crippen molar-refractivity contribution < 1.29 is 4.79 Å². The van der Waals surface area contributed by atoms with Crippen LogP contribution in [0.3, 0.4) is 0 Å². The molecule has 1 amide bonds. The molecule has 1 unspecified atom stereocenters. The number of amides is 1. The molecule has 1 aliphatic carbocycles. The zero-order valence-electron chi connectivity index (χ0n) is 11.6. The van der Waals surface area contributed by atoms with Gasteiger partial charge in [-0.1, -0.05) is 18.2 Å². The molecule has 3 nitrogen and oxygen atoms in total. The Morgan fingerprint density at radius 1 is 1.42 bits per heavy atom. The summed E-state index contributed by atoms with van der Waals surface area (Å²) in [5.41, 5.74) is 4.21. The van der Waals surface area contributed by atoms with Crippen LogP contribution < -0.4 is 5.32 Å². The van der Waals surface area contributed by atoms with Gasteiger partial charge in [-0.15, -0.1) is 0 Å². The standard InChI is InChI=1S/C16H20N2O/c1-11(19)17-10-12-6-5-9-15-16(12)13-7-3-4-8-14(13)18(15)2/h3-4,7-8,12H,5-6,9-10H2,1-2H3,(H,17,19). The van der Waals surface area contributed by atoms with Crippen LogP contribution >= 0.6 is 0 Å². The minimum atomic E-state index is 0.0624. The van der Waals surface area contributed by atoms with Crippen molar-refractivity contribution in [2.75, 3.05) is 6.54 Å². The summed E-state index contributed by atoms with van der Waals surface area (Å²) in [6, 6.07) is 8.59. The number of rotatable bonds is 2. The summed E-state index contributed by atoms with van der Waals surface area (Å²) in [6.45, 7) is 2.35. The van der Waals surface area contributed by atoms with Crippen LogP contribution in [0.25, 0.3) is 10.9 Å². The van der Waals surface area contributed by atoms with Gasteiger partial charge in [0.1, 0.15) is 0 Å². The predicted octanol–water partition coefficient (Wildman–Crippen LogP) is 2.73. The quantitative estimate of drug-likeness (QED) is 0.880. The number of aromatic nitrogens is 1. The molecule has 1 aliphatic rings. The summed E-state index contributed by atoms with van der Waals surface area (Å²) in [4.78, 5) is 11.2. The fraction of sp³-hybridized carbons (Fsp3) is 0.438. The number of para-hydroxylation sites is 1. The lowest BCUT2D eigenvalue weighted by atomic mass is 9.85. The van der Waals surface area contributed by atoms with E-state index in [1.54, 1.807) is 6.92 Å². The summed E-state index contributed by atoms with van der Waals surface area (Å²) >= 11 is 0. The van der Waals surface area contributed by atoms with Gasteiger partial charge in [0.05, 0.1) is 0 Å². The number of fused-ring (bicyclic) bond motifs is 3. The summed E-state index contributed by atoms with van der Waals surface area (Å²) < 4.78 is 2.32. The van der Waals surface area contributed by atoms with Crippen molar-refractivity contribution in [3.8, 4) is 0 Å². The highest BCUT2D eigenvalue weighted by Crippen LogP contribution is 2.38. The molecule has 0 aliphatic heterocycles. The van der Waals surface area contributed by atoms with Gasteiger partial charge in [-0.3, -0.25) is 4.79 Å². The van der Waals surface area contributed by atoms with Gasteiger partial charge in [0.25, 0.3) is 0 Å². The normalized spacial score (nSPS) is 18.3. The number of carbonyl (C=O) groups excluding carboxylic acids is 1. The van der Waals surface area contributed by atoms with Crippen LogP contribution in [0.15, 0.2) is 24.3 Å². The molecule has 1 atom stereocenters. The van der Waals surface area contributed by atoms with Gasteiger partial charge in [0.15, 0.2) is 0 Å². The highest BCUT2D eigenvalue weighted by molar-refractivity contribution is 5.86. The monoisotopic (exact) mass is 256 g/mol. The first-order valence-corrected chi connectivity index (χ1v) is 6.99. The summed E-state index contributed by atoms with van der Waals surface area (Å²) in [5.74, 6) is 0.520. The van der Waals surface area contributed by atoms with Gasteiger partial charge in [-0.25, -0.2) is 0 Å². The molecule has 0 spiro atoms. The number of carbonyl (C=O) groups is 1. The molecule has 3 heteroatoms. The molecule has 0 bridgehead atoms. The molecule has 2 aromatic rings. The van der Waals surface area contributed by atoms with E-state index in [4.69, 9.17) is 0 Å². The Balaban J connectivity index is 2.07. The van der Waals surface area contributed by atoms with Crippen LogP contribution in [0.5, 0.6) is 0 Å². The molecule has 1 heterocycles. The molecule has 100 valence electrons. The maximum Gasteiger partial charge on any atom is 0.216 e. The number of benzene rings is 1. The number of hydrogen-bond acceptors (Lipinski definition) is 1. The maximum absolute atomic E-state index is 11.2. The highest BCUT2D eigenvalue weighted by Gasteiger charge is 2.26. The maximum atomic E-state index is 11.2. The van der Waals surface area contributed by atoms with E-state index in [9.17, 15) is 4.79 Å². The van der Waals surface area contributed by atoms with Gasteiger partial charge in [0, 0.05) is 43.0 Å². The van der Waals surface area contributed by atoms with Crippen LogP contribution in [0.2, 0.25) is 0 Å². The van der Waals surface area contributed by atoms with Crippen molar-refractivity contribution in [2.45, 2.75) is 32.1 Å². The summed E-state index contributed by atoms with van der Waals surface area (Å²) in [6.07, 6.45) is 3.53. The molecule has 0 radical (unpaired) electrons. The zero-order chi connectivity index (χ0) is 13.4. The van der Waals surface area contributed by atoms with E-state index in [-0.39, 0.29) is 5.91 Å². The van der Waals surface area contributed by atoms with Gasteiger partial charge in [-0.05, 0) is 30.9 Å². The third-order valence-corrected chi connectivity index (χ3v) is 4.24. The van der Waals surface area contributed by atoms with Gasteiger partial charge < -0.3 is 9.88 Å². The Morgan fingerprint density at radius 3 is 3.00 bits per heavy atom. The average Bonchev–Trinajstić information content (AvgIpc) is 2.71. The predicted molar refractivity (Wildman–Crippen MR) is 77.3 cm³/mol. The van der Waals surface area contributed by atoms with Gasteiger partial charge >= 0.3 is 0 Å². The van der Waals surface area contributed by atoms with Crippen molar-refractivity contribution in [2.24, 2.45) is 7.05 Å². The lowest BCUT2D eigenvalue weighted by Gasteiger charge is -2.24. The molecule has 19 heavy (non-hydrogen) atoms. The Bertz CT molecular complexity index is 627. The number of nitrogens with one attached hydrogen (secondary N) is 1. The van der Waals surface area contributed by atoms with E-state index < -0.39 is 0 Å². The Hall–Kier alpha value is -1.77. The second-order valence-electron chi connectivity index (χ2n) is 5.46. The molecule has 1 aromatic heterocycles. The van der Waals surface area contributed by atoms with E-state index in [0.29, 0.717) is 5.92 Å². The minimum absolute atomic E-state index is 0.0624. The van der Waals surface area contributed by atoms with Crippen LogP contribution in [0.4, 0.5) is 0 Å². The van der Waals surface area contributed by atoms with E-state index in [1.807, 2.05) is 0 Å². The second kappa shape index (κ2) is 4.72. The molecule has 0 saturated heterocycles. The van der Waals surface area contributed by atoms with Crippen LogP contribution in [0.1, 0.15) is 36.9 Å². The smallest absolute Gasteiger partial charge is 0.216 e. The van der Waals surface area contributed by atoms with Crippen molar-refractivity contribution in [3.63, 3.8) is 0 Å². The summed E-state index contributed by atoms with van der Waals surface area (Å²) in [5, 5.41) is 4.34.